The van der Waals surface area contributed by atoms with Gasteiger partial charge in [-0.05, 0) is 45.5 Å². The van der Waals surface area contributed by atoms with Crippen LogP contribution in [0, 0.1) is 17.8 Å². The second kappa shape index (κ2) is 5.10. The Kier molecular flexibility index (Phi) is 3.73. The highest BCUT2D eigenvalue weighted by molar-refractivity contribution is 5.93. The summed E-state index contributed by atoms with van der Waals surface area (Å²) in [6.07, 6.45) is 2.41. The van der Waals surface area contributed by atoms with Crippen molar-refractivity contribution in [2.75, 3.05) is 19.6 Å². The normalized spacial score (nSPS) is 28.8. The number of nitrogens with zero attached hydrogens (tertiary/aromatic N) is 2. The number of hydrogen-bond donors (Lipinski definition) is 0. The third-order valence-electron chi connectivity index (χ3n) is 3.96. The van der Waals surface area contributed by atoms with E-state index in [9.17, 15) is 4.79 Å². The first-order chi connectivity index (χ1) is 8.11. The standard InChI is InChI=1S/C14H22N2O/c1-4-5-14(17)16-9-12-6-7-13(16)10-15(8-12)11(2)3/h11-13H,6-10H2,1-3H3/t12-,13-/m0/s1. The molecule has 2 atom stereocenters. The lowest BCUT2D eigenvalue weighted by Crippen LogP contribution is -2.47. The molecule has 0 N–H and O–H groups in total. The van der Waals surface area contributed by atoms with Crippen molar-refractivity contribution in [3.63, 3.8) is 0 Å². The first-order valence-corrected chi connectivity index (χ1v) is 6.59. The molecule has 0 radical (unpaired) electrons. The minimum Gasteiger partial charge on any atom is -0.327 e. The Morgan fingerprint density at radius 2 is 2.00 bits per heavy atom. The minimum atomic E-state index is 0.0211. The van der Waals surface area contributed by atoms with Gasteiger partial charge >= 0.3 is 0 Å². The van der Waals surface area contributed by atoms with Gasteiger partial charge in [-0.1, -0.05) is 5.92 Å². The molecule has 0 aliphatic carbocycles. The molecule has 0 saturated carbocycles. The zero-order valence-electron chi connectivity index (χ0n) is 11.1. The quantitative estimate of drug-likeness (QED) is 0.639. The maximum atomic E-state index is 12.0. The summed E-state index contributed by atoms with van der Waals surface area (Å²) in [5.74, 6) is 6.07. The van der Waals surface area contributed by atoms with Gasteiger partial charge < -0.3 is 4.90 Å². The van der Waals surface area contributed by atoms with Crippen LogP contribution in [0.1, 0.15) is 33.6 Å². The van der Waals surface area contributed by atoms with E-state index in [1.54, 1.807) is 6.92 Å². The third-order valence-corrected chi connectivity index (χ3v) is 3.96. The average Bonchev–Trinajstić information content (AvgIpc) is 2.60. The fourth-order valence-corrected chi connectivity index (χ4v) is 2.97. The van der Waals surface area contributed by atoms with E-state index >= 15 is 0 Å². The lowest BCUT2D eigenvalue weighted by atomic mass is 9.95. The molecular weight excluding hydrogens is 212 g/mol. The molecule has 3 aliphatic heterocycles. The van der Waals surface area contributed by atoms with Gasteiger partial charge in [0.2, 0.25) is 0 Å². The van der Waals surface area contributed by atoms with Crippen molar-refractivity contribution in [2.24, 2.45) is 5.92 Å². The molecule has 3 saturated heterocycles. The molecule has 0 aromatic rings. The number of hydrogen-bond acceptors (Lipinski definition) is 2. The molecule has 3 heteroatoms. The smallest absolute Gasteiger partial charge is 0.298 e. The van der Waals surface area contributed by atoms with Gasteiger partial charge in [-0.15, -0.1) is 0 Å². The molecule has 3 heterocycles. The second-order valence-corrected chi connectivity index (χ2v) is 5.48. The maximum absolute atomic E-state index is 12.0. The van der Waals surface area contributed by atoms with Crippen LogP contribution in [0.15, 0.2) is 0 Å². The highest BCUT2D eigenvalue weighted by atomic mass is 16.2. The lowest BCUT2D eigenvalue weighted by molar-refractivity contribution is -0.129. The predicted octanol–water partition coefficient (Wildman–Crippen LogP) is 1.34. The Labute approximate surface area is 104 Å². The van der Waals surface area contributed by atoms with Crippen LogP contribution in [0.3, 0.4) is 0 Å². The molecule has 2 bridgehead atoms. The molecule has 3 nitrogen and oxygen atoms in total. The van der Waals surface area contributed by atoms with Gasteiger partial charge in [0.05, 0.1) is 0 Å². The zero-order valence-corrected chi connectivity index (χ0v) is 11.1. The SMILES string of the molecule is CC#CC(=O)N1C[C@H]2CC[C@H]1CN(C(C)C)C2. The second-order valence-electron chi connectivity index (χ2n) is 5.48. The van der Waals surface area contributed by atoms with Gasteiger partial charge in [-0.2, -0.15) is 0 Å². The van der Waals surface area contributed by atoms with Crippen molar-refractivity contribution < 1.29 is 4.79 Å². The van der Waals surface area contributed by atoms with Gasteiger partial charge in [0.15, 0.2) is 0 Å². The first kappa shape index (κ1) is 12.4. The number of carbonyl (C=O) groups is 1. The summed E-state index contributed by atoms with van der Waals surface area (Å²) in [4.78, 5) is 16.5. The number of fused-ring (bicyclic) bond motifs is 4. The summed E-state index contributed by atoms with van der Waals surface area (Å²) in [6.45, 7) is 9.27. The van der Waals surface area contributed by atoms with Gasteiger partial charge in [0.25, 0.3) is 5.91 Å². The van der Waals surface area contributed by atoms with Crippen LogP contribution < -0.4 is 0 Å². The Morgan fingerprint density at radius 3 is 2.65 bits per heavy atom. The summed E-state index contributed by atoms with van der Waals surface area (Å²) in [5, 5.41) is 0. The van der Waals surface area contributed by atoms with E-state index in [0.717, 1.165) is 26.1 Å². The highest BCUT2D eigenvalue weighted by Gasteiger charge is 2.37. The van der Waals surface area contributed by atoms with Crippen LogP contribution in [0.2, 0.25) is 0 Å². The van der Waals surface area contributed by atoms with Crippen molar-refractivity contribution in [2.45, 2.75) is 45.7 Å². The molecule has 0 spiro atoms. The van der Waals surface area contributed by atoms with Crippen molar-refractivity contribution in [1.82, 2.24) is 9.80 Å². The molecule has 0 aromatic heterocycles. The van der Waals surface area contributed by atoms with Crippen molar-refractivity contribution in [3.05, 3.63) is 0 Å². The largest absolute Gasteiger partial charge is 0.327 e. The Hall–Kier alpha value is -1.01. The maximum Gasteiger partial charge on any atom is 0.298 e. The molecule has 3 rings (SSSR count). The summed E-state index contributed by atoms with van der Waals surface area (Å²) in [6, 6.07) is 0.954. The van der Waals surface area contributed by atoms with Crippen molar-refractivity contribution >= 4 is 5.91 Å². The van der Waals surface area contributed by atoms with Crippen LogP contribution in [0.4, 0.5) is 0 Å². The zero-order chi connectivity index (χ0) is 12.4. The summed E-state index contributed by atoms with van der Waals surface area (Å²) < 4.78 is 0. The van der Waals surface area contributed by atoms with Crippen LogP contribution in [-0.2, 0) is 4.79 Å². The predicted molar refractivity (Wildman–Crippen MR) is 68.4 cm³/mol. The van der Waals surface area contributed by atoms with E-state index in [-0.39, 0.29) is 5.91 Å². The Balaban J connectivity index is 2.13. The van der Waals surface area contributed by atoms with Crippen LogP contribution in [-0.4, -0.2) is 47.4 Å². The van der Waals surface area contributed by atoms with E-state index in [2.05, 4.69) is 30.6 Å². The first-order valence-electron chi connectivity index (χ1n) is 6.59. The molecule has 0 unspecified atom stereocenters. The van der Waals surface area contributed by atoms with E-state index in [1.165, 1.54) is 6.42 Å². The van der Waals surface area contributed by atoms with Crippen molar-refractivity contribution in [1.29, 1.82) is 0 Å². The average molecular weight is 234 g/mol. The third kappa shape index (κ3) is 2.63. The molecule has 1 amide bonds. The van der Waals surface area contributed by atoms with Crippen molar-refractivity contribution in [3.8, 4) is 11.8 Å². The van der Waals surface area contributed by atoms with Crippen LogP contribution >= 0.6 is 0 Å². The molecule has 3 fully saturated rings. The van der Waals surface area contributed by atoms with Gasteiger partial charge in [-0.3, -0.25) is 9.69 Å². The number of amides is 1. The fraction of sp³-hybridized carbons (Fsp3) is 0.786. The van der Waals surface area contributed by atoms with E-state index in [4.69, 9.17) is 0 Å². The number of carbonyl (C=O) groups excluding carboxylic acids is 1. The van der Waals surface area contributed by atoms with E-state index in [1.807, 2.05) is 4.90 Å². The van der Waals surface area contributed by atoms with Gasteiger partial charge in [-0.25, -0.2) is 0 Å². The molecule has 0 aromatic carbocycles. The van der Waals surface area contributed by atoms with E-state index < -0.39 is 0 Å². The van der Waals surface area contributed by atoms with Gasteiger partial charge in [0, 0.05) is 31.7 Å². The highest BCUT2D eigenvalue weighted by Crippen LogP contribution is 2.28. The van der Waals surface area contributed by atoms with E-state index in [0.29, 0.717) is 18.0 Å². The minimum absolute atomic E-state index is 0.0211. The van der Waals surface area contributed by atoms with Crippen LogP contribution in [0.5, 0.6) is 0 Å². The molecule has 94 valence electrons. The fourth-order valence-electron chi connectivity index (χ4n) is 2.97. The lowest BCUT2D eigenvalue weighted by Gasteiger charge is -2.35. The summed E-state index contributed by atoms with van der Waals surface area (Å²) in [5.41, 5.74) is 0. The van der Waals surface area contributed by atoms with Crippen LogP contribution in [0.25, 0.3) is 0 Å². The number of rotatable bonds is 1. The molecule has 3 aliphatic rings. The molecule has 17 heavy (non-hydrogen) atoms. The monoisotopic (exact) mass is 234 g/mol. The Bertz CT molecular complexity index is 353. The topological polar surface area (TPSA) is 23.6 Å². The summed E-state index contributed by atoms with van der Waals surface area (Å²) in [7, 11) is 0. The number of piperidine rings is 1. The molecular formula is C14H22N2O. The Morgan fingerprint density at radius 1 is 1.24 bits per heavy atom. The summed E-state index contributed by atoms with van der Waals surface area (Å²) >= 11 is 0. The van der Waals surface area contributed by atoms with Gasteiger partial charge in [0.1, 0.15) is 0 Å².